The molecule has 0 saturated heterocycles. The van der Waals surface area contributed by atoms with Crippen molar-refractivity contribution in [2.45, 2.75) is 33.5 Å². The van der Waals surface area contributed by atoms with E-state index in [4.69, 9.17) is 0 Å². The van der Waals surface area contributed by atoms with Crippen LogP contribution in [0, 0.1) is 17.6 Å². The third-order valence-electron chi connectivity index (χ3n) is 8.34. The van der Waals surface area contributed by atoms with Crippen LogP contribution in [0.1, 0.15) is 46.5 Å². The van der Waals surface area contributed by atoms with Crippen molar-refractivity contribution in [3.8, 4) is 10.4 Å². The number of ketones is 1. The zero-order valence-corrected chi connectivity index (χ0v) is 29.4. The van der Waals surface area contributed by atoms with E-state index in [2.05, 4.69) is 10.2 Å². The minimum absolute atomic E-state index is 0. The van der Waals surface area contributed by atoms with E-state index in [-0.39, 0.29) is 41.9 Å². The van der Waals surface area contributed by atoms with Crippen LogP contribution in [-0.2, 0) is 24.4 Å². The second-order valence-electron chi connectivity index (χ2n) is 12.4. The number of amides is 1. The van der Waals surface area contributed by atoms with Crippen LogP contribution in [0.4, 0.5) is 14.5 Å². The standard InChI is InChI=1S/C40H35F2N3O3S.ClH/c1-25(2)39(48)43-29-19-17-28(18-20-29)38-31(22-44(3)21-26-11-6-4-7-12-26)35-37(47)32(36(46)27-13-8-5-9-14-27)24-45(40(35)49-38)23-30-33(41)15-10-16-34(30)42;/h4-20,24-25H,21-23H2,1-3H3,(H,43,48);1H. The summed E-state index contributed by atoms with van der Waals surface area (Å²) in [6, 6.07) is 29.5. The van der Waals surface area contributed by atoms with Crippen LogP contribution in [0.5, 0.6) is 0 Å². The monoisotopic (exact) mass is 711 g/mol. The Hall–Kier alpha value is -4.96. The Morgan fingerprint density at radius 1 is 0.820 bits per heavy atom. The summed E-state index contributed by atoms with van der Waals surface area (Å²) in [6.45, 7) is 4.35. The van der Waals surface area contributed by atoms with Gasteiger partial charge in [0.25, 0.3) is 0 Å². The molecule has 1 N–H and O–H groups in total. The Morgan fingerprint density at radius 2 is 1.44 bits per heavy atom. The van der Waals surface area contributed by atoms with Gasteiger partial charge in [0.2, 0.25) is 11.3 Å². The maximum atomic E-state index is 15.0. The second-order valence-corrected chi connectivity index (χ2v) is 13.4. The van der Waals surface area contributed by atoms with Gasteiger partial charge in [0.05, 0.1) is 17.5 Å². The molecule has 10 heteroatoms. The number of anilines is 1. The average Bonchev–Trinajstić information content (AvgIpc) is 3.47. The van der Waals surface area contributed by atoms with E-state index in [1.807, 2.05) is 75.5 Å². The first-order chi connectivity index (χ1) is 23.6. The summed E-state index contributed by atoms with van der Waals surface area (Å²) >= 11 is 1.33. The zero-order valence-electron chi connectivity index (χ0n) is 27.8. The van der Waals surface area contributed by atoms with Crippen LogP contribution in [0.2, 0.25) is 0 Å². The molecule has 0 radical (unpaired) electrons. The van der Waals surface area contributed by atoms with Crippen molar-refractivity contribution in [3.05, 3.63) is 159 Å². The summed E-state index contributed by atoms with van der Waals surface area (Å²) in [5.41, 5.74) is 2.85. The normalized spacial score (nSPS) is 11.2. The minimum Gasteiger partial charge on any atom is -0.334 e. The van der Waals surface area contributed by atoms with Gasteiger partial charge in [-0.2, -0.15) is 0 Å². The van der Waals surface area contributed by atoms with Crippen molar-refractivity contribution < 1.29 is 18.4 Å². The number of halogens is 3. The van der Waals surface area contributed by atoms with E-state index in [0.29, 0.717) is 40.1 Å². The molecule has 0 unspecified atom stereocenters. The highest BCUT2D eigenvalue weighted by molar-refractivity contribution is 7.22. The molecule has 1 amide bonds. The fourth-order valence-corrected chi connectivity index (χ4v) is 7.06. The van der Waals surface area contributed by atoms with Crippen LogP contribution in [0.3, 0.4) is 0 Å². The van der Waals surface area contributed by atoms with Gasteiger partial charge in [-0.3, -0.25) is 19.3 Å². The predicted octanol–water partition coefficient (Wildman–Crippen LogP) is 8.94. The van der Waals surface area contributed by atoms with Gasteiger partial charge in [-0.15, -0.1) is 23.7 Å². The smallest absolute Gasteiger partial charge is 0.226 e. The summed E-state index contributed by atoms with van der Waals surface area (Å²) in [6.07, 6.45) is 1.42. The molecule has 0 aliphatic heterocycles. The van der Waals surface area contributed by atoms with Gasteiger partial charge in [-0.25, -0.2) is 8.78 Å². The van der Waals surface area contributed by atoms with Gasteiger partial charge >= 0.3 is 0 Å². The molecular weight excluding hydrogens is 676 g/mol. The summed E-state index contributed by atoms with van der Waals surface area (Å²) < 4.78 is 31.7. The average molecular weight is 712 g/mol. The Kier molecular flexibility index (Phi) is 11.4. The molecule has 0 saturated carbocycles. The number of nitrogens with one attached hydrogen (secondary N) is 1. The SMILES string of the molecule is CC(C)C(=O)Nc1ccc(-c2sc3c(c2CN(C)Cc2ccccc2)c(=O)c(C(=O)c2ccccc2)cn3Cc2c(F)cccc2F)cc1.Cl. The molecule has 0 aliphatic carbocycles. The largest absolute Gasteiger partial charge is 0.334 e. The van der Waals surface area contributed by atoms with Crippen molar-refractivity contribution in [3.63, 3.8) is 0 Å². The van der Waals surface area contributed by atoms with E-state index >= 15 is 8.78 Å². The molecule has 6 rings (SSSR count). The lowest BCUT2D eigenvalue weighted by molar-refractivity contribution is -0.118. The number of pyridine rings is 1. The highest BCUT2D eigenvalue weighted by Crippen LogP contribution is 2.39. The van der Waals surface area contributed by atoms with E-state index in [9.17, 15) is 14.4 Å². The number of hydrogen-bond acceptors (Lipinski definition) is 5. The van der Waals surface area contributed by atoms with Gasteiger partial charge < -0.3 is 9.88 Å². The van der Waals surface area contributed by atoms with Crippen molar-refractivity contribution in [2.75, 3.05) is 12.4 Å². The van der Waals surface area contributed by atoms with Gasteiger partial charge in [-0.05, 0) is 48.0 Å². The number of thiophene rings is 1. The Morgan fingerprint density at radius 3 is 2.06 bits per heavy atom. The fourth-order valence-electron chi connectivity index (χ4n) is 5.77. The number of rotatable bonds is 11. The molecular formula is C40H36ClF2N3O3S. The second kappa shape index (κ2) is 15.7. The van der Waals surface area contributed by atoms with Gasteiger partial charge in [0.15, 0.2) is 5.78 Å². The number of nitrogens with zero attached hydrogens (tertiary/aromatic N) is 2. The molecule has 4 aromatic carbocycles. The fraction of sp³-hybridized carbons (Fsp3) is 0.175. The number of fused-ring (bicyclic) bond motifs is 1. The number of aromatic nitrogens is 1. The maximum absolute atomic E-state index is 15.0. The summed E-state index contributed by atoms with van der Waals surface area (Å²) in [7, 11) is 1.96. The van der Waals surface area contributed by atoms with Crippen molar-refractivity contribution in [2.24, 2.45) is 5.92 Å². The zero-order chi connectivity index (χ0) is 34.7. The Bertz CT molecular complexity index is 2180. The van der Waals surface area contributed by atoms with E-state index < -0.39 is 22.8 Å². The third-order valence-corrected chi connectivity index (χ3v) is 9.66. The van der Waals surface area contributed by atoms with Crippen molar-refractivity contribution >= 4 is 51.3 Å². The minimum atomic E-state index is -0.721. The molecule has 0 bridgehead atoms. The van der Waals surface area contributed by atoms with Crippen LogP contribution < -0.4 is 10.7 Å². The molecule has 6 nitrogen and oxygen atoms in total. The van der Waals surface area contributed by atoms with Gasteiger partial charge in [0.1, 0.15) is 16.5 Å². The molecule has 6 aromatic rings. The highest BCUT2D eigenvalue weighted by Gasteiger charge is 2.26. The lowest BCUT2D eigenvalue weighted by Gasteiger charge is -2.18. The molecule has 0 fully saturated rings. The molecule has 0 spiro atoms. The summed E-state index contributed by atoms with van der Waals surface area (Å²) in [5, 5.41) is 3.24. The van der Waals surface area contributed by atoms with Crippen molar-refractivity contribution in [1.82, 2.24) is 9.47 Å². The maximum Gasteiger partial charge on any atom is 0.226 e. The van der Waals surface area contributed by atoms with Crippen LogP contribution in [0.15, 0.2) is 114 Å². The third kappa shape index (κ3) is 7.75. The van der Waals surface area contributed by atoms with Gasteiger partial charge in [-0.1, -0.05) is 92.7 Å². The number of carbonyl (C=O) groups excluding carboxylic acids is 2. The quantitative estimate of drug-likeness (QED) is 0.136. The molecule has 256 valence electrons. The predicted molar refractivity (Wildman–Crippen MR) is 199 cm³/mol. The number of hydrogen-bond donors (Lipinski definition) is 1. The first-order valence-corrected chi connectivity index (χ1v) is 16.8. The Labute approximate surface area is 299 Å². The number of benzene rings is 4. The van der Waals surface area contributed by atoms with Crippen LogP contribution in [0.25, 0.3) is 20.7 Å². The van der Waals surface area contributed by atoms with E-state index in [1.54, 1.807) is 34.9 Å². The van der Waals surface area contributed by atoms with Crippen LogP contribution >= 0.6 is 23.7 Å². The van der Waals surface area contributed by atoms with Crippen LogP contribution in [-0.4, -0.2) is 28.2 Å². The molecule has 0 aliphatic rings. The molecule has 2 aromatic heterocycles. The molecule has 0 atom stereocenters. The van der Waals surface area contributed by atoms with E-state index in [1.165, 1.54) is 35.7 Å². The molecule has 50 heavy (non-hydrogen) atoms. The Balaban J connectivity index is 0.00000486. The first kappa shape index (κ1) is 36.3. The number of carbonyl (C=O) groups is 2. The molecule has 2 heterocycles. The summed E-state index contributed by atoms with van der Waals surface area (Å²) in [4.78, 5) is 44.1. The lowest BCUT2D eigenvalue weighted by atomic mass is 10.00. The van der Waals surface area contributed by atoms with Crippen molar-refractivity contribution in [1.29, 1.82) is 0 Å². The lowest BCUT2D eigenvalue weighted by Crippen LogP contribution is -2.22. The topological polar surface area (TPSA) is 71.4 Å². The highest BCUT2D eigenvalue weighted by atomic mass is 35.5. The van der Waals surface area contributed by atoms with E-state index in [0.717, 1.165) is 16.0 Å². The van der Waals surface area contributed by atoms with Gasteiger partial charge in [0, 0.05) is 46.9 Å². The summed E-state index contributed by atoms with van der Waals surface area (Å²) in [5.74, 6) is -2.21. The first-order valence-electron chi connectivity index (χ1n) is 16.0.